The van der Waals surface area contributed by atoms with Crippen molar-refractivity contribution in [3.63, 3.8) is 0 Å². The van der Waals surface area contributed by atoms with Crippen molar-refractivity contribution >= 4 is 17.6 Å². The molecule has 0 fully saturated rings. The molecule has 0 spiro atoms. The van der Waals surface area contributed by atoms with E-state index in [0.29, 0.717) is 6.20 Å². The van der Waals surface area contributed by atoms with Crippen molar-refractivity contribution in [3.05, 3.63) is 62.8 Å². The third kappa shape index (κ3) is 3.08. The van der Waals surface area contributed by atoms with Crippen LogP contribution in [0.1, 0.15) is 15.9 Å². The number of hydrogen-bond donors (Lipinski definition) is 0. The Morgan fingerprint density at radius 3 is 2.81 bits per heavy atom. The maximum Gasteiger partial charge on any atom is 0.338 e. The van der Waals surface area contributed by atoms with E-state index in [1.54, 1.807) is 0 Å². The molecule has 0 bridgehead atoms. The van der Waals surface area contributed by atoms with Gasteiger partial charge >= 0.3 is 5.97 Å². The number of esters is 1. The topological polar surface area (TPSA) is 61.2 Å². The highest BCUT2D eigenvalue weighted by Gasteiger charge is 2.16. The maximum absolute atomic E-state index is 13.3. The van der Waals surface area contributed by atoms with Crippen molar-refractivity contribution in [3.8, 4) is 0 Å². The average molecular weight is 315 g/mol. The van der Waals surface area contributed by atoms with E-state index >= 15 is 0 Å². The van der Waals surface area contributed by atoms with Crippen LogP contribution in [0.5, 0.6) is 0 Å². The molecule has 1 heterocycles. The molecule has 0 aliphatic heterocycles. The number of ether oxygens (including phenoxy) is 1. The number of aromatic nitrogens is 2. The van der Waals surface area contributed by atoms with Crippen molar-refractivity contribution in [2.75, 3.05) is 7.11 Å². The fourth-order valence-electron chi connectivity index (χ4n) is 1.76. The van der Waals surface area contributed by atoms with E-state index in [-0.39, 0.29) is 23.0 Å². The molecule has 0 N–H and O–H groups in total. The molecule has 0 saturated carbocycles. The number of rotatable bonds is 3. The van der Waals surface area contributed by atoms with Gasteiger partial charge in [-0.1, -0.05) is 0 Å². The van der Waals surface area contributed by atoms with Crippen molar-refractivity contribution in [1.29, 1.82) is 0 Å². The zero-order valence-electron chi connectivity index (χ0n) is 10.8. The summed E-state index contributed by atoms with van der Waals surface area (Å²) < 4.78 is 31.9. The lowest BCUT2D eigenvalue weighted by atomic mass is 10.1. The number of methoxy groups -OCH3 is 1. The van der Waals surface area contributed by atoms with Gasteiger partial charge in [-0.05, 0) is 35.4 Å². The second-order valence-electron chi connectivity index (χ2n) is 4.06. The first kappa shape index (κ1) is 15.1. The minimum absolute atomic E-state index is 0.0473. The molecule has 2 rings (SSSR count). The van der Waals surface area contributed by atoms with Crippen LogP contribution in [0.2, 0.25) is 5.28 Å². The summed E-state index contributed by atoms with van der Waals surface area (Å²) in [6.07, 6.45) is 0.688. The molecule has 21 heavy (non-hydrogen) atoms. The molecule has 1 aromatic heterocycles. The van der Waals surface area contributed by atoms with Crippen molar-refractivity contribution in [1.82, 2.24) is 9.55 Å². The lowest BCUT2D eigenvalue weighted by Crippen LogP contribution is -2.26. The van der Waals surface area contributed by atoms with Crippen LogP contribution < -0.4 is 5.56 Å². The van der Waals surface area contributed by atoms with Crippen LogP contribution in [0.3, 0.4) is 0 Å². The van der Waals surface area contributed by atoms with Crippen LogP contribution in [-0.4, -0.2) is 22.6 Å². The molecule has 0 atom stereocenters. The van der Waals surface area contributed by atoms with E-state index in [9.17, 15) is 18.4 Å². The van der Waals surface area contributed by atoms with E-state index in [0.717, 1.165) is 16.7 Å². The van der Waals surface area contributed by atoms with Crippen LogP contribution in [0, 0.1) is 11.6 Å². The first-order valence-corrected chi connectivity index (χ1v) is 6.09. The number of carbonyl (C=O) groups is 1. The SMILES string of the molecule is COC(=O)c1ccc(F)cc1Cn1c(Cl)ncc(F)c1=O. The smallest absolute Gasteiger partial charge is 0.338 e. The molecule has 0 radical (unpaired) electrons. The molecule has 0 unspecified atom stereocenters. The highest BCUT2D eigenvalue weighted by atomic mass is 35.5. The van der Waals surface area contributed by atoms with Gasteiger partial charge in [0.15, 0.2) is 0 Å². The summed E-state index contributed by atoms with van der Waals surface area (Å²) in [6, 6.07) is 3.33. The Balaban J connectivity index is 2.54. The van der Waals surface area contributed by atoms with E-state index in [1.165, 1.54) is 13.2 Å². The van der Waals surface area contributed by atoms with E-state index in [2.05, 4.69) is 9.72 Å². The third-order valence-electron chi connectivity index (χ3n) is 2.76. The van der Waals surface area contributed by atoms with Gasteiger partial charge in [0.05, 0.1) is 25.4 Å². The normalized spacial score (nSPS) is 10.5. The summed E-state index contributed by atoms with van der Waals surface area (Å²) in [7, 11) is 1.17. The summed E-state index contributed by atoms with van der Waals surface area (Å²) in [4.78, 5) is 26.8. The molecule has 110 valence electrons. The van der Waals surface area contributed by atoms with Gasteiger partial charge < -0.3 is 4.74 Å². The summed E-state index contributed by atoms with van der Waals surface area (Å²) >= 11 is 5.73. The largest absolute Gasteiger partial charge is 0.465 e. The number of benzene rings is 1. The Morgan fingerprint density at radius 2 is 2.14 bits per heavy atom. The Bertz CT molecular complexity index is 762. The molecule has 0 aliphatic rings. The molecule has 8 heteroatoms. The minimum atomic E-state index is -1.10. The van der Waals surface area contributed by atoms with E-state index < -0.39 is 23.2 Å². The van der Waals surface area contributed by atoms with Crippen molar-refractivity contribution < 1.29 is 18.3 Å². The predicted molar refractivity (Wildman–Crippen MR) is 70.3 cm³/mol. The van der Waals surface area contributed by atoms with Gasteiger partial charge in [-0.2, -0.15) is 4.39 Å². The summed E-state index contributed by atoms with van der Waals surface area (Å²) in [5.41, 5.74) is -0.848. The first-order valence-electron chi connectivity index (χ1n) is 5.71. The fraction of sp³-hybridized carbons (Fsp3) is 0.154. The quantitative estimate of drug-likeness (QED) is 0.642. The van der Waals surface area contributed by atoms with Crippen molar-refractivity contribution in [2.24, 2.45) is 0 Å². The molecule has 5 nitrogen and oxygen atoms in total. The van der Waals surface area contributed by atoms with Crippen LogP contribution in [-0.2, 0) is 11.3 Å². The van der Waals surface area contributed by atoms with E-state index in [4.69, 9.17) is 11.6 Å². The standard InChI is InChI=1S/C13H9ClF2N2O3/c1-21-12(20)9-3-2-8(15)4-7(9)6-18-11(19)10(16)5-17-13(18)14/h2-5H,6H2,1H3. The van der Waals surface area contributed by atoms with Gasteiger partial charge in [-0.3, -0.25) is 9.36 Å². The summed E-state index contributed by atoms with van der Waals surface area (Å²) in [6.45, 7) is -0.315. The highest BCUT2D eigenvalue weighted by Crippen LogP contribution is 2.15. The second kappa shape index (κ2) is 6.01. The Morgan fingerprint density at radius 1 is 1.43 bits per heavy atom. The fourth-order valence-corrected chi connectivity index (χ4v) is 1.94. The third-order valence-corrected chi connectivity index (χ3v) is 3.06. The molecular formula is C13H9ClF2N2O3. The summed E-state index contributed by atoms with van der Waals surface area (Å²) in [5.74, 6) is -2.43. The molecule has 0 aliphatic carbocycles. The molecule has 1 aromatic carbocycles. The van der Waals surface area contributed by atoms with Crippen LogP contribution in [0.4, 0.5) is 8.78 Å². The van der Waals surface area contributed by atoms with Gasteiger partial charge in [0.25, 0.3) is 5.56 Å². The second-order valence-corrected chi connectivity index (χ2v) is 4.40. The Hall–Kier alpha value is -2.28. The van der Waals surface area contributed by atoms with Gasteiger partial charge in [0.2, 0.25) is 11.1 Å². The zero-order valence-corrected chi connectivity index (χ0v) is 11.5. The summed E-state index contributed by atoms with van der Waals surface area (Å²) in [5, 5.41) is -0.276. The first-order chi connectivity index (χ1) is 9.93. The average Bonchev–Trinajstić information content (AvgIpc) is 2.47. The predicted octanol–water partition coefficient (Wildman–Crippen LogP) is 2.01. The van der Waals surface area contributed by atoms with Crippen LogP contribution >= 0.6 is 11.6 Å². The number of carbonyl (C=O) groups excluding carboxylic acids is 1. The number of nitrogens with zero attached hydrogens (tertiary/aromatic N) is 2. The molecule has 2 aromatic rings. The number of halogens is 3. The highest BCUT2D eigenvalue weighted by molar-refractivity contribution is 6.28. The van der Waals surface area contributed by atoms with Crippen molar-refractivity contribution in [2.45, 2.75) is 6.54 Å². The van der Waals surface area contributed by atoms with Gasteiger partial charge in [0.1, 0.15) is 5.82 Å². The lowest BCUT2D eigenvalue weighted by molar-refractivity contribution is 0.0599. The lowest BCUT2D eigenvalue weighted by Gasteiger charge is -2.11. The molecule has 0 saturated heterocycles. The molecular weight excluding hydrogens is 306 g/mol. The van der Waals surface area contributed by atoms with Crippen LogP contribution in [0.25, 0.3) is 0 Å². The number of hydrogen-bond acceptors (Lipinski definition) is 4. The monoisotopic (exact) mass is 314 g/mol. The molecule has 0 amide bonds. The maximum atomic E-state index is 13.3. The van der Waals surface area contributed by atoms with Gasteiger partial charge in [-0.25, -0.2) is 14.2 Å². The van der Waals surface area contributed by atoms with Gasteiger partial charge in [0, 0.05) is 0 Å². The van der Waals surface area contributed by atoms with Crippen LogP contribution in [0.15, 0.2) is 29.2 Å². The Labute approximate surface area is 122 Å². The van der Waals surface area contributed by atoms with Gasteiger partial charge in [-0.15, -0.1) is 0 Å². The zero-order chi connectivity index (χ0) is 15.6. The Kier molecular flexibility index (Phi) is 4.32. The van der Waals surface area contributed by atoms with E-state index in [1.807, 2.05) is 0 Å². The minimum Gasteiger partial charge on any atom is -0.465 e.